The molecule has 1 aliphatic rings. The Bertz CT molecular complexity index is 1110. The zero-order valence-electron chi connectivity index (χ0n) is 18.5. The lowest BCUT2D eigenvalue weighted by atomic mass is 10.2. The van der Waals surface area contributed by atoms with Crippen LogP contribution in [0.4, 0.5) is 0 Å². The topological polar surface area (TPSA) is 132 Å². The maximum atomic E-state index is 12.6. The van der Waals surface area contributed by atoms with Gasteiger partial charge in [0.25, 0.3) is 11.5 Å². The third-order valence-corrected chi connectivity index (χ3v) is 5.69. The van der Waals surface area contributed by atoms with Gasteiger partial charge < -0.3 is 34.4 Å². The van der Waals surface area contributed by atoms with Crippen molar-refractivity contribution in [1.82, 2.24) is 15.3 Å². The molecule has 1 aliphatic heterocycles. The van der Waals surface area contributed by atoms with Crippen molar-refractivity contribution in [2.45, 2.75) is 19.3 Å². The number of thiophene rings is 1. The summed E-state index contributed by atoms with van der Waals surface area (Å²) in [6, 6.07) is 7.37. The molecule has 0 aliphatic carbocycles. The molecule has 3 heterocycles. The molecule has 2 aromatic heterocycles. The maximum absolute atomic E-state index is 12.6. The third kappa shape index (κ3) is 6.59. The number of hydrogen-bond donors (Lipinski definition) is 3. The van der Waals surface area contributed by atoms with Crippen molar-refractivity contribution < 1.29 is 28.8 Å². The summed E-state index contributed by atoms with van der Waals surface area (Å²) in [5.41, 5.74) is 1.24. The van der Waals surface area contributed by atoms with Gasteiger partial charge in [-0.1, -0.05) is 12.1 Å². The largest absolute Gasteiger partial charge is 0.497 e. The van der Waals surface area contributed by atoms with E-state index in [1.54, 1.807) is 7.11 Å². The summed E-state index contributed by atoms with van der Waals surface area (Å²) in [6.07, 6.45) is -0.102. The SMILES string of the molecule is CO.COc1cccc(CNC(=O)c2nc3scc(COCC4COCCO4)c3c(=O)[nH]2)c1. The van der Waals surface area contributed by atoms with Crippen molar-refractivity contribution >= 4 is 27.5 Å². The zero-order valence-corrected chi connectivity index (χ0v) is 19.3. The number of methoxy groups -OCH3 is 1. The molecule has 178 valence electrons. The highest BCUT2D eigenvalue weighted by atomic mass is 32.1. The number of nitrogens with zero attached hydrogens (tertiary/aromatic N) is 1. The van der Waals surface area contributed by atoms with E-state index in [0.717, 1.165) is 18.2 Å². The van der Waals surface area contributed by atoms with Crippen LogP contribution in [0.3, 0.4) is 0 Å². The Morgan fingerprint density at radius 1 is 1.36 bits per heavy atom. The van der Waals surface area contributed by atoms with Crippen LogP contribution in [-0.4, -0.2) is 67.7 Å². The van der Waals surface area contributed by atoms with Crippen LogP contribution in [-0.2, 0) is 27.4 Å². The Kier molecular flexibility index (Phi) is 9.34. The van der Waals surface area contributed by atoms with Crippen LogP contribution < -0.4 is 15.6 Å². The molecule has 1 unspecified atom stereocenters. The number of hydrogen-bond acceptors (Lipinski definition) is 9. The summed E-state index contributed by atoms with van der Waals surface area (Å²) in [5, 5.41) is 12.0. The average molecular weight is 478 g/mol. The number of aromatic nitrogens is 2. The summed E-state index contributed by atoms with van der Waals surface area (Å²) >= 11 is 1.30. The summed E-state index contributed by atoms with van der Waals surface area (Å²) in [4.78, 5) is 32.5. The van der Waals surface area contributed by atoms with Crippen LogP contribution in [0.25, 0.3) is 10.2 Å². The van der Waals surface area contributed by atoms with Crippen LogP contribution in [0.15, 0.2) is 34.4 Å². The fourth-order valence-electron chi connectivity index (χ4n) is 3.20. The quantitative estimate of drug-likeness (QED) is 0.444. The average Bonchev–Trinajstić information content (AvgIpc) is 3.28. The molecule has 11 heteroatoms. The highest BCUT2D eigenvalue weighted by Gasteiger charge is 2.17. The second-order valence-electron chi connectivity index (χ2n) is 6.97. The number of nitrogens with one attached hydrogen (secondary N) is 2. The van der Waals surface area contributed by atoms with Crippen LogP contribution in [0.5, 0.6) is 5.75 Å². The highest BCUT2D eigenvalue weighted by Crippen LogP contribution is 2.22. The van der Waals surface area contributed by atoms with Crippen molar-refractivity contribution in [2.24, 2.45) is 0 Å². The molecule has 33 heavy (non-hydrogen) atoms. The number of amides is 1. The van der Waals surface area contributed by atoms with Gasteiger partial charge >= 0.3 is 0 Å². The molecular weight excluding hydrogens is 450 g/mol. The Labute approximate surface area is 194 Å². The van der Waals surface area contributed by atoms with Gasteiger partial charge in [-0.15, -0.1) is 11.3 Å². The van der Waals surface area contributed by atoms with E-state index in [-0.39, 0.29) is 30.6 Å². The van der Waals surface area contributed by atoms with Crippen molar-refractivity contribution in [3.05, 3.63) is 57.0 Å². The molecule has 0 saturated carbocycles. The normalized spacial score (nSPS) is 15.5. The van der Waals surface area contributed by atoms with E-state index < -0.39 is 5.91 Å². The maximum Gasteiger partial charge on any atom is 0.287 e. The van der Waals surface area contributed by atoms with Crippen LogP contribution >= 0.6 is 11.3 Å². The van der Waals surface area contributed by atoms with Crippen LogP contribution in [0.2, 0.25) is 0 Å². The summed E-state index contributed by atoms with van der Waals surface area (Å²) in [5.74, 6) is 0.223. The standard InChI is InChI=1S/C21H23N3O6S.CH4O/c1-27-15-4-2-3-13(7-15)8-22-20(26)18-23-19(25)17-14(12-31-21(17)24-18)9-29-11-16-10-28-5-6-30-16;1-2/h2-4,7,12,16H,5-6,8-11H2,1H3,(H,22,26)(H,23,24,25);2H,1H3. The fourth-order valence-corrected chi connectivity index (χ4v) is 4.13. The van der Waals surface area contributed by atoms with Gasteiger partial charge in [-0.2, -0.15) is 0 Å². The van der Waals surface area contributed by atoms with E-state index in [1.165, 1.54) is 11.3 Å². The first-order valence-electron chi connectivity index (χ1n) is 10.3. The van der Waals surface area contributed by atoms with Gasteiger partial charge in [0.05, 0.1) is 45.5 Å². The Morgan fingerprint density at radius 3 is 2.97 bits per heavy atom. The van der Waals surface area contributed by atoms with E-state index in [1.807, 2.05) is 29.6 Å². The predicted molar refractivity (Wildman–Crippen MR) is 123 cm³/mol. The number of benzene rings is 1. The first-order chi connectivity index (χ1) is 16.1. The molecular formula is C22H27N3O7S. The lowest BCUT2D eigenvalue weighted by Gasteiger charge is -2.22. The van der Waals surface area contributed by atoms with Crippen molar-refractivity contribution in [1.29, 1.82) is 0 Å². The fraction of sp³-hybridized carbons (Fsp3) is 0.409. The number of aromatic amines is 1. The number of H-pyrrole nitrogens is 1. The number of aliphatic hydroxyl groups is 1. The van der Waals surface area contributed by atoms with Crippen LogP contribution in [0.1, 0.15) is 21.7 Å². The zero-order chi connectivity index (χ0) is 23.6. The van der Waals surface area contributed by atoms with Gasteiger partial charge in [0.1, 0.15) is 16.7 Å². The Balaban J connectivity index is 0.00000149. The second kappa shape index (κ2) is 12.4. The predicted octanol–water partition coefficient (Wildman–Crippen LogP) is 1.46. The van der Waals surface area contributed by atoms with E-state index in [4.69, 9.17) is 24.1 Å². The van der Waals surface area contributed by atoms with Gasteiger partial charge in [-0.25, -0.2) is 4.98 Å². The molecule has 0 radical (unpaired) electrons. The minimum atomic E-state index is -0.456. The minimum Gasteiger partial charge on any atom is -0.497 e. The molecule has 4 rings (SSSR count). The number of carbonyl (C=O) groups excluding carboxylic acids is 1. The molecule has 10 nitrogen and oxygen atoms in total. The van der Waals surface area contributed by atoms with Gasteiger partial charge in [-0.3, -0.25) is 9.59 Å². The molecule has 1 atom stereocenters. The molecule has 0 spiro atoms. The van der Waals surface area contributed by atoms with Gasteiger partial charge in [-0.05, 0) is 23.1 Å². The number of aliphatic hydroxyl groups excluding tert-OH is 1. The van der Waals surface area contributed by atoms with E-state index in [0.29, 0.717) is 42.4 Å². The Hall–Kier alpha value is -2.83. The molecule has 1 saturated heterocycles. The number of carbonyl (C=O) groups is 1. The molecule has 1 amide bonds. The molecule has 0 bridgehead atoms. The van der Waals surface area contributed by atoms with Crippen molar-refractivity contribution in [3.63, 3.8) is 0 Å². The minimum absolute atomic E-state index is 0.0255. The van der Waals surface area contributed by atoms with Gasteiger partial charge in [0, 0.05) is 19.2 Å². The van der Waals surface area contributed by atoms with Crippen molar-refractivity contribution in [2.75, 3.05) is 40.6 Å². The van der Waals surface area contributed by atoms with E-state index >= 15 is 0 Å². The van der Waals surface area contributed by atoms with Crippen LogP contribution in [0, 0.1) is 0 Å². The monoisotopic (exact) mass is 477 g/mol. The lowest BCUT2D eigenvalue weighted by molar-refractivity contribution is -0.117. The highest BCUT2D eigenvalue weighted by molar-refractivity contribution is 7.16. The Morgan fingerprint density at radius 2 is 2.21 bits per heavy atom. The molecule has 3 N–H and O–H groups in total. The number of ether oxygens (including phenoxy) is 4. The third-order valence-electron chi connectivity index (χ3n) is 4.77. The number of rotatable bonds is 8. The summed E-state index contributed by atoms with van der Waals surface area (Å²) < 4.78 is 21.8. The smallest absolute Gasteiger partial charge is 0.287 e. The van der Waals surface area contributed by atoms with E-state index in [2.05, 4.69) is 15.3 Å². The molecule has 1 fully saturated rings. The first kappa shape index (κ1) is 24.8. The van der Waals surface area contributed by atoms with Crippen molar-refractivity contribution in [3.8, 4) is 5.75 Å². The molecule has 3 aromatic rings. The summed E-state index contributed by atoms with van der Waals surface area (Å²) in [6.45, 7) is 2.58. The second-order valence-corrected chi connectivity index (χ2v) is 7.83. The first-order valence-corrected chi connectivity index (χ1v) is 11.2. The van der Waals surface area contributed by atoms with Gasteiger partial charge in [0.2, 0.25) is 5.82 Å². The molecule has 1 aromatic carbocycles. The lowest BCUT2D eigenvalue weighted by Crippen LogP contribution is -2.32. The van der Waals surface area contributed by atoms with Gasteiger partial charge in [0.15, 0.2) is 0 Å². The van der Waals surface area contributed by atoms with E-state index in [9.17, 15) is 9.59 Å². The number of fused-ring (bicyclic) bond motifs is 1. The summed E-state index contributed by atoms with van der Waals surface area (Å²) in [7, 11) is 2.58.